The van der Waals surface area contributed by atoms with Crippen molar-refractivity contribution in [1.29, 1.82) is 0 Å². The molecular formula is C48H92NO6+. The SMILES string of the molecule is CCCCCCCCC=CCCCCCCCCOCCC(=O)OCC[N+](C)(C)CCOC(=O)CCOCCCCCCCCC=CCCCCCCCC. The average Bonchev–Trinajstić information content (AvgIpc) is 3.16. The Morgan fingerprint density at radius 3 is 1.00 bits per heavy atom. The number of allylic oxidation sites excluding steroid dienone is 4. The van der Waals surface area contributed by atoms with Crippen molar-refractivity contribution in [2.75, 3.05) is 66.8 Å². The molecule has 0 bridgehead atoms. The molecule has 0 heterocycles. The summed E-state index contributed by atoms with van der Waals surface area (Å²) in [5, 5.41) is 0. The van der Waals surface area contributed by atoms with E-state index in [0.29, 0.717) is 57.2 Å². The summed E-state index contributed by atoms with van der Waals surface area (Å²) < 4.78 is 22.8. The van der Waals surface area contributed by atoms with Crippen molar-refractivity contribution in [2.24, 2.45) is 0 Å². The zero-order valence-corrected chi connectivity index (χ0v) is 37.1. The van der Waals surface area contributed by atoms with Crippen molar-refractivity contribution >= 4 is 11.9 Å². The van der Waals surface area contributed by atoms with Crippen LogP contribution < -0.4 is 0 Å². The van der Waals surface area contributed by atoms with E-state index in [1.807, 2.05) is 0 Å². The van der Waals surface area contributed by atoms with Gasteiger partial charge in [-0.25, -0.2) is 0 Å². The van der Waals surface area contributed by atoms with E-state index >= 15 is 0 Å². The van der Waals surface area contributed by atoms with Gasteiger partial charge < -0.3 is 23.4 Å². The van der Waals surface area contributed by atoms with Crippen LogP contribution >= 0.6 is 0 Å². The van der Waals surface area contributed by atoms with E-state index in [4.69, 9.17) is 18.9 Å². The molecule has 0 fully saturated rings. The van der Waals surface area contributed by atoms with Crippen LogP contribution in [0.4, 0.5) is 0 Å². The first-order valence-electron chi connectivity index (χ1n) is 23.5. The van der Waals surface area contributed by atoms with Crippen molar-refractivity contribution in [2.45, 2.75) is 206 Å². The van der Waals surface area contributed by atoms with E-state index in [0.717, 1.165) is 12.8 Å². The van der Waals surface area contributed by atoms with E-state index in [2.05, 4.69) is 52.2 Å². The highest BCUT2D eigenvalue weighted by Crippen LogP contribution is 2.12. The van der Waals surface area contributed by atoms with Crippen molar-refractivity contribution in [1.82, 2.24) is 0 Å². The number of quaternary nitrogens is 1. The average molecular weight is 779 g/mol. The maximum Gasteiger partial charge on any atom is 0.308 e. The number of hydrogen-bond donors (Lipinski definition) is 0. The molecule has 0 radical (unpaired) electrons. The lowest BCUT2D eigenvalue weighted by Crippen LogP contribution is -2.45. The molecule has 7 nitrogen and oxygen atoms in total. The second kappa shape index (κ2) is 43.4. The fourth-order valence-electron chi connectivity index (χ4n) is 6.49. The largest absolute Gasteiger partial charge is 0.460 e. The van der Waals surface area contributed by atoms with E-state index in [9.17, 15) is 9.59 Å². The summed E-state index contributed by atoms with van der Waals surface area (Å²) in [6.07, 6.45) is 46.3. The maximum absolute atomic E-state index is 12.1. The van der Waals surface area contributed by atoms with Gasteiger partial charge >= 0.3 is 11.9 Å². The Kier molecular flexibility index (Phi) is 42.1. The summed E-state index contributed by atoms with van der Waals surface area (Å²) in [5.74, 6) is -0.436. The predicted octanol–water partition coefficient (Wildman–Crippen LogP) is 13.0. The number of unbranched alkanes of at least 4 members (excludes halogenated alkanes) is 24. The Balaban J connectivity index is 3.48. The topological polar surface area (TPSA) is 71.1 Å². The molecule has 0 amide bonds. The van der Waals surface area contributed by atoms with Gasteiger partial charge in [-0.05, 0) is 64.2 Å². The summed E-state index contributed by atoms with van der Waals surface area (Å²) in [6, 6.07) is 0. The van der Waals surface area contributed by atoms with Gasteiger partial charge in [0.05, 0.1) is 40.2 Å². The van der Waals surface area contributed by atoms with Crippen molar-refractivity contribution in [3.05, 3.63) is 24.3 Å². The van der Waals surface area contributed by atoms with Gasteiger partial charge in [-0.3, -0.25) is 9.59 Å². The van der Waals surface area contributed by atoms with Crippen LogP contribution in [0.3, 0.4) is 0 Å². The van der Waals surface area contributed by atoms with Gasteiger partial charge in [-0.15, -0.1) is 0 Å². The predicted molar refractivity (Wildman–Crippen MR) is 234 cm³/mol. The standard InChI is InChI=1S/C48H92NO6/c1-5-7-9-11-13-15-17-19-21-23-25-27-29-31-33-35-41-52-43-37-47(50)54-45-39-49(3,4)40-46-55-48(51)38-44-53-42-36-34-32-30-28-26-24-22-20-18-16-14-12-10-8-6-2/h19-22H,5-18,23-46H2,1-4H3/q+1. The van der Waals surface area contributed by atoms with Gasteiger partial charge in [-0.1, -0.05) is 154 Å². The molecular weight excluding hydrogens is 687 g/mol. The van der Waals surface area contributed by atoms with Crippen LogP contribution in [0.5, 0.6) is 0 Å². The number of carbonyl (C=O) groups excluding carboxylic acids is 2. The Morgan fingerprint density at radius 1 is 0.382 bits per heavy atom. The van der Waals surface area contributed by atoms with Crippen molar-refractivity contribution in [3.63, 3.8) is 0 Å². The summed E-state index contributed by atoms with van der Waals surface area (Å²) in [5.41, 5.74) is 0. The van der Waals surface area contributed by atoms with Gasteiger partial charge in [0.15, 0.2) is 0 Å². The first-order valence-corrected chi connectivity index (χ1v) is 23.5. The zero-order valence-electron chi connectivity index (χ0n) is 37.1. The van der Waals surface area contributed by atoms with Crippen LogP contribution in [0.2, 0.25) is 0 Å². The lowest BCUT2D eigenvalue weighted by Gasteiger charge is -2.29. The van der Waals surface area contributed by atoms with Gasteiger partial charge in [0.2, 0.25) is 0 Å². The molecule has 0 aromatic rings. The minimum atomic E-state index is -0.218. The molecule has 55 heavy (non-hydrogen) atoms. The van der Waals surface area contributed by atoms with E-state index in [1.165, 1.54) is 167 Å². The van der Waals surface area contributed by atoms with Gasteiger partial charge in [-0.2, -0.15) is 0 Å². The van der Waals surface area contributed by atoms with Gasteiger partial charge in [0.25, 0.3) is 0 Å². The minimum Gasteiger partial charge on any atom is -0.460 e. The fraction of sp³-hybridized carbons (Fsp3) is 0.875. The molecule has 0 aliphatic heterocycles. The number of nitrogens with zero attached hydrogens (tertiary/aromatic N) is 1. The van der Waals surface area contributed by atoms with Crippen LogP contribution in [0.25, 0.3) is 0 Å². The summed E-state index contributed by atoms with van der Waals surface area (Å²) in [4.78, 5) is 24.2. The normalized spacial score (nSPS) is 12.0. The summed E-state index contributed by atoms with van der Waals surface area (Å²) >= 11 is 0. The second-order valence-electron chi connectivity index (χ2n) is 16.4. The molecule has 7 heteroatoms. The lowest BCUT2D eigenvalue weighted by atomic mass is 10.1. The number of ether oxygens (including phenoxy) is 4. The molecule has 0 atom stereocenters. The molecule has 0 saturated carbocycles. The highest BCUT2D eigenvalue weighted by molar-refractivity contribution is 5.69. The summed E-state index contributed by atoms with van der Waals surface area (Å²) in [6.45, 7) is 8.82. The number of likely N-dealkylation sites (N-methyl/N-ethyl adjacent to an activating group) is 1. The first-order chi connectivity index (χ1) is 26.9. The van der Waals surface area contributed by atoms with Gasteiger partial charge in [0.1, 0.15) is 26.3 Å². The Labute approximate surface area is 341 Å². The molecule has 324 valence electrons. The number of carbonyl (C=O) groups is 2. The Hall–Kier alpha value is -1.70. The molecule has 0 N–H and O–H groups in total. The third kappa shape index (κ3) is 44.9. The lowest BCUT2D eigenvalue weighted by molar-refractivity contribution is -0.890. The molecule has 0 spiro atoms. The van der Waals surface area contributed by atoms with Crippen LogP contribution in [-0.4, -0.2) is 83.2 Å². The minimum absolute atomic E-state index is 0.218. The van der Waals surface area contributed by atoms with Crippen molar-refractivity contribution in [3.8, 4) is 0 Å². The third-order valence-corrected chi connectivity index (χ3v) is 10.4. The number of rotatable bonds is 44. The van der Waals surface area contributed by atoms with E-state index < -0.39 is 0 Å². The number of esters is 2. The van der Waals surface area contributed by atoms with E-state index in [-0.39, 0.29) is 24.8 Å². The molecule has 0 saturated heterocycles. The van der Waals surface area contributed by atoms with Crippen LogP contribution in [0.15, 0.2) is 24.3 Å². The molecule has 0 aliphatic carbocycles. The van der Waals surface area contributed by atoms with Gasteiger partial charge in [0, 0.05) is 13.2 Å². The van der Waals surface area contributed by atoms with Crippen LogP contribution in [-0.2, 0) is 28.5 Å². The molecule has 0 aromatic heterocycles. The molecule has 0 unspecified atom stereocenters. The smallest absolute Gasteiger partial charge is 0.308 e. The highest BCUT2D eigenvalue weighted by atomic mass is 16.5. The first kappa shape index (κ1) is 53.3. The molecule has 0 aliphatic rings. The molecule has 0 rings (SSSR count). The second-order valence-corrected chi connectivity index (χ2v) is 16.4. The molecule has 0 aromatic carbocycles. The summed E-state index contributed by atoms with van der Waals surface area (Å²) in [7, 11) is 4.11. The Bertz CT molecular complexity index is 804. The fourth-order valence-corrected chi connectivity index (χ4v) is 6.49. The number of hydrogen-bond acceptors (Lipinski definition) is 6. The maximum atomic E-state index is 12.1. The third-order valence-electron chi connectivity index (χ3n) is 10.4. The Morgan fingerprint density at radius 2 is 0.673 bits per heavy atom. The van der Waals surface area contributed by atoms with E-state index in [1.54, 1.807) is 0 Å². The van der Waals surface area contributed by atoms with Crippen LogP contribution in [0.1, 0.15) is 206 Å². The zero-order chi connectivity index (χ0) is 40.2. The van der Waals surface area contributed by atoms with Crippen molar-refractivity contribution < 1.29 is 33.0 Å². The monoisotopic (exact) mass is 779 g/mol. The van der Waals surface area contributed by atoms with Crippen LogP contribution in [0, 0.1) is 0 Å². The highest BCUT2D eigenvalue weighted by Gasteiger charge is 2.17. The quantitative estimate of drug-likeness (QED) is 0.0265.